The van der Waals surface area contributed by atoms with Gasteiger partial charge in [0.15, 0.2) is 0 Å². The normalized spacial score (nSPS) is 10.8. The predicted octanol–water partition coefficient (Wildman–Crippen LogP) is 4.08. The lowest BCUT2D eigenvalue weighted by Gasteiger charge is -2.04. The van der Waals surface area contributed by atoms with Gasteiger partial charge in [0.2, 0.25) is 0 Å². The molecule has 0 atom stereocenters. The van der Waals surface area contributed by atoms with E-state index in [0.29, 0.717) is 18.7 Å². The number of benzene rings is 1. The lowest BCUT2D eigenvalue weighted by atomic mass is 10.2. The molecule has 1 heterocycles. The van der Waals surface area contributed by atoms with Crippen LogP contribution in [0.25, 0.3) is 0 Å². The quantitative estimate of drug-likeness (QED) is 0.896. The summed E-state index contributed by atoms with van der Waals surface area (Å²) in [4.78, 5) is 1.17. The molecule has 1 nitrogen and oxygen atoms in total. The van der Waals surface area contributed by atoms with Gasteiger partial charge in [0.1, 0.15) is 11.6 Å². The zero-order valence-corrected chi connectivity index (χ0v) is 11.2. The van der Waals surface area contributed by atoms with E-state index in [4.69, 9.17) is 0 Å². The molecular weight excluding hydrogens is 308 g/mol. The smallest absolute Gasteiger partial charge is 0.126 e. The maximum atomic E-state index is 12.9. The highest BCUT2D eigenvalue weighted by Gasteiger charge is 2.02. The molecule has 0 unspecified atom stereocenters. The number of halogens is 3. The van der Waals surface area contributed by atoms with Gasteiger partial charge in [-0.2, -0.15) is 0 Å². The highest BCUT2D eigenvalue weighted by molar-refractivity contribution is 9.10. The predicted molar refractivity (Wildman–Crippen MR) is 68.9 cm³/mol. The molecule has 17 heavy (non-hydrogen) atoms. The third kappa shape index (κ3) is 3.59. The molecular formula is C12H10BrF2NS. The zero-order chi connectivity index (χ0) is 12.3. The van der Waals surface area contributed by atoms with E-state index in [-0.39, 0.29) is 0 Å². The molecule has 0 saturated carbocycles. The molecule has 2 rings (SSSR count). The fourth-order valence-corrected chi connectivity index (χ4v) is 2.95. The van der Waals surface area contributed by atoms with Crippen LogP contribution in [0.5, 0.6) is 0 Å². The third-order valence-corrected chi connectivity index (χ3v) is 4.15. The molecule has 0 fully saturated rings. The molecule has 0 saturated heterocycles. The molecule has 0 aliphatic rings. The molecule has 0 aliphatic heterocycles. The Hall–Kier alpha value is -0.780. The number of hydrogen-bond acceptors (Lipinski definition) is 2. The Kier molecular flexibility index (Phi) is 4.25. The molecule has 0 aliphatic carbocycles. The second-order valence-corrected chi connectivity index (χ2v) is 5.43. The summed E-state index contributed by atoms with van der Waals surface area (Å²) >= 11 is 5.06. The Morgan fingerprint density at radius 1 is 1.12 bits per heavy atom. The standard InChI is InChI=1S/C12H10BrF2NS/c13-11-1-2-17-12(11)7-16-6-8-3-9(14)5-10(15)4-8/h1-5,16H,6-7H2. The minimum absolute atomic E-state index is 0.443. The molecule has 90 valence electrons. The van der Waals surface area contributed by atoms with E-state index in [1.54, 1.807) is 11.3 Å². The molecule has 1 aromatic heterocycles. The summed E-state index contributed by atoms with van der Waals surface area (Å²) in [6.07, 6.45) is 0. The number of thiophene rings is 1. The number of nitrogens with one attached hydrogen (secondary N) is 1. The molecule has 0 radical (unpaired) electrons. The van der Waals surface area contributed by atoms with Gasteiger partial charge in [-0.1, -0.05) is 0 Å². The first-order valence-electron chi connectivity index (χ1n) is 5.03. The molecule has 2 aromatic rings. The third-order valence-electron chi connectivity index (χ3n) is 2.23. The summed E-state index contributed by atoms with van der Waals surface area (Å²) < 4.78 is 26.9. The van der Waals surface area contributed by atoms with Crippen molar-refractivity contribution < 1.29 is 8.78 Å². The minimum Gasteiger partial charge on any atom is -0.308 e. The average molecular weight is 318 g/mol. The van der Waals surface area contributed by atoms with E-state index in [9.17, 15) is 8.78 Å². The van der Waals surface area contributed by atoms with E-state index in [2.05, 4.69) is 21.2 Å². The van der Waals surface area contributed by atoms with Crippen LogP contribution in [0.1, 0.15) is 10.4 Å². The van der Waals surface area contributed by atoms with E-state index in [1.807, 2.05) is 11.4 Å². The van der Waals surface area contributed by atoms with E-state index in [0.717, 1.165) is 10.5 Å². The van der Waals surface area contributed by atoms with E-state index < -0.39 is 11.6 Å². The van der Waals surface area contributed by atoms with Gasteiger partial charge >= 0.3 is 0 Å². The van der Waals surface area contributed by atoms with Crippen LogP contribution in [0.3, 0.4) is 0 Å². The highest BCUT2D eigenvalue weighted by atomic mass is 79.9. The number of rotatable bonds is 4. The van der Waals surface area contributed by atoms with Crippen molar-refractivity contribution in [1.82, 2.24) is 5.32 Å². The summed E-state index contributed by atoms with van der Waals surface area (Å²) in [5.41, 5.74) is 0.607. The lowest BCUT2D eigenvalue weighted by molar-refractivity contribution is 0.575. The highest BCUT2D eigenvalue weighted by Crippen LogP contribution is 2.22. The Morgan fingerprint density at radius 3 is 2.41 bits per heavy atom. The van der Waals surface area contributed by atoms with E-state index >= 15 is 0 Å². The summed E-state index contributed by atoms with van der Waals surface area (Å²) in [7, 11) is 0. The Balaban J connectivity index is 1.92. The van der Waals surface area contributed by atoms with Crippen LogP contribution in [0.4, 0.5) is 8.78 Å². The first kappa shape index (κ1) is 12.7. The molecule has 1 N–H and O–H groups in total. The van der Waals surface area contributed by atoms with Crippen LogP contribution in [-0.2, 0) is 13.1 Å². The molecule has 1 aromatic carbocycles. The van der Waals surface area contributed by atoms with Crippen LogP contribution in [-0.4, -0.2) is 0 Å². The maximum absolute atomic E-state index is 12.9. The van der Waals surface area contributed by atoms with Crippen LogP contribution in [0.2, 0.25) is 0 Å². The largest absolute Gasteiger partial charge is 0.308 e. The summed E-state index contributed by atoms with van der Waals surface area (Å²) in [6, 6.07) is 5.52. The summed E-state index contributed by atoms with van der Waals surface area (Å²) in [6.45, 7) is 1.12. The van der Waals surface area contributed by atoms with Crippen LogP contribution >= 0.6 is 27.3 Å². The first-order chi connectivity index (χ1) is 8.15. The van der Waals surface area contributed by atoms with Crippen molar-refractivity contribution in [1.29, 1.82) is 0 Å². The van der Waals surface area contributed by atoms with Crippen molar-refractivity contribution in [3.63, 3.8) is 0 Å². The Morgan fingerprint density at radius 2 is 1.82 bits per heavy atom. The monoisotopic (exact) mass is 317 g/mol. The molecule has 0 bridgehead atoms. The van der Waals surface area contributed by atoms with Crippen molar-refractivity contribution in [2.45, 2.75) is 13.1 Å². The summed E-state index contributed by atoms with van der Waals surface area (Å²) in [5, 5.41) is 5.14. The van der Waals surface area contributed by atoms with Gasteiger partial charge < -0.3 is 5.32 Å². The minimum atomic E-state index is -0.542. The summed E-state index contributed by atoms with van der Waals surface area (Å²) in [5.74, 6) is -1.08. The van der Waals surface area contributed by atoms with Crippen molar-refractivity contribution in [3.8, 4) is 0 Å². The van der Waals surface area contributed by atoms with E-state index in [1.165, 1.54) is 17.0 Å². The lowest BCUT2D eigenvalue weighted by Crippen LogP contribution is -2.12. The first-order valence-corrected chi connectivity index (χ1v) is 6.70. The average Bonchev–Trinajstić information content (AvgIpc) is 2.63. The van der Waals surface area contributed by atoms with Gasteiger partial charge in [0.05, 0.1) is 0 Å². The molecule has 0 amide bonds. The van der Waals surface area contributed by atoms with Gasteiger partial charge in [-0.3, -0.25) is 0 Å². The van der Waals surface area contributed by atoms with Gasteiger partial charge in [-0.05, 0) is 45.1 Å². The van der Waals surface area contributed by atoms with Crippen LogP contribution < -0.4 is 5.32 Å². The SMILES string of the molecule is Fc1cc(F)cc(CNCc2sccc2Br)c1. The van der Waals surface area contributed by atoms with Crippen molar-refractivity contribution >= 4 is 27.3 Å². The Labute approximate surface area is 111 Å². The van der Waals surface area contributed by atoms with Gasteiger partial charge in [0, 0.05) is 28.5 Å². The molecule has 0 spiro atoms. The van der Waals surface area contributed by atoms with Crippen LogP contribution in [0.15, 0.2) is 34.1 Å². The van der Waals surface area contributed by atoms with Gasteiger partial charge in [-0.25, -0.2) is 8.78 Å². The van der Waals surface area contributed by atoms with Crippen molar-refractivity contribution in [2.75, 3.05) is 0 Å². The van der Waals surface area contributed by atoms with Crippen LogP contribution in [0, 0.1) is 11.6 Å². The number of hydrogen-bond donors (Lipinski definition) is 1. The second-order valence-electron chi connectivity index (χ2n) is 3.57. The van der Waals surface area contributed by atoms with Crippen molar-refractivity contribution in [2.24, 2.45) is 0 Å². The Bertz CT molecular complexity index is 493. The maximum Gasteiger partial charge on any atom is 0.126 e. The second kappa shape index (κ2) is 5.71. The zero-order valence-electron chi connectivity index (χ0n) is 8.84. The topological polar surface area (TPSA) is 12.0 Å². The molecule has 5 heteroatoms. The van der Waals surface area contributed by atoms with Crippen molar-refractivity contribution in [3.05, 3.63) is 56.2 Å². The fraction of sp³-hybridized carbons (Fsp3) is 0.167. The van der Waals surface area contributed by atoms with Gasteiger partial charge in [0.25, 0.3) is 0 Å². The fourth-order valence-electron chi connectivity index (χ4n) is 1.48. The van der Waals surface area contributed by atoms with Gasteiger partial charge in [-0.15, -0.1) is 11.3 Å².